The maximum Gasteiger partial charge on any atom is 0.339 e. The molecule has 2 N–H and O–H groups in total. The third-order valence-corrected chi connectivity index (χ3v) is 5.80. The Morgan fingerprint density at radius 1 is 1.14 bits per heavy atom. The van der Waals surface area contributed by atoms with Gasteiger partial charge in [0, 0.05) is 17.6 Å². The molecule has 7 nitrogen and oxygen atoms in total. The fourth-order valence-corrected chi connectivity index (χ4v) is 3.77. The quantitative estimate of drug-likeness (QED) is 0.451. The lowest BCUT2D eigenvalue weighted by Crippen LogP contribution is -2.35. The molecule has 0 atom stereocenters. The van der Waals surface area contributed by atoms with Gasteiger partial charge >= 0.3 is 5.97 Å². The van der Waals surface area contributed by atoms with Crippen LogP contribution in [0.15, 0.2) is 51.8 Å². The summed E-state index contributed by atoms with van der Waals surface area (Å²) in [6.07, 6.45) is -0.0142. The lowest BCUT2D eigenvalue weighted by molar-refractivity contribution is -0.120. The van der Waals surface area contributed by atoms with Crippen LogP contribution in [0.25, 0.3) is 0 Å². The Morgan fingerprint density at radius 3 is 2.57 bits per heavy atom. The number of carbonyl (C=O) groups is 2. The molecule has 0 aliphatic carbocycles. The molecule has 10 heteroatoms. The average Bonchev–Trinajstić information content (AvgIpc) is 2.65. The summed E-state index contributed by atoms with van der Waals surface area (Å²) in [6, 6.07) is 9.63. The monoisotopic (exact) mass is 472 g/mol. The molecular formula is C18H18BrFN2O5S. The number of esters is 1. The van der Waals surface area contributed by atoms with E-state index in [9.17, 15) is 22.4 Å². The third kappa shape index (κ3) is 6.11. The van der Waals surface area contributed by atoms with Gasteiger partial charge in [-0.25, -0.2) is 22.3 Å². The minimum atomic E-state index is -3.88. The van der Waals surface area contributed by atoms with Crippen LogP contribution >= 0.6 is 15.9 Å². The maximum atomic E-state index is 13.1. The van der Waals surface area contributed by atoms with Crippen LogP contribution in [0, 0.1) is 5.82 Å². The van der Waals surface area contributed by atoms with Gasteiger partial charge in [-0.05, 0) is 51.8 Å². The molecule has 2 rings (SSSR count). The SMILES string of the molecule is COC(=O)c1cc(S(=O)(=O)NCCNC(=O)Cc2cccc(F)c2)ccc1Br. The Kier molecular flexibility index (Phi) is 7.67. The van der Waals surface area contributed by atoms with Crippen molar-refractivity contribution in [3.8, 4) is 0 Å². The number of halogens is 2. The third-order valence-electron chi connectivity index (χ3n) is 3.65. The summed E-state index contributed by atoms with van der Waals surface area (Å²) >= 11 is 3.16. The van der Waals surface area contributed by atoms with Crippen LogP contribution in [0.1, 0.15) is 15.9 Å². The van der Waals surface area contributed by atoms with Gasteiger partial charge in [-0.2, -0.15) is 0 Å². The maximum absolute atomic E-state index is 13.1. The van der Waals surface area contributed by atoms with Crippen molar-refractivity contribution in [1.29, 1.82) is 0 Å². The highest BCUT2D eigenvalue weighted by Gasteiger charge is 2.18. The normalized spacial score (nSPS) is 11.1. The van der Waals surface area contributed by atoms with Gasteiger partial charge < -0.3 is 10.1 Å². The standard InChI is InChI=1S/C18H18BrFN2O5S/c1-27-18(24)15-11-14(5-6-16(15)19)28(25,26)22-8-7-21-17(23)10-12-3-2-4-13(20)9-12/h2-6,9,11,22H,7-8,10H2,1H3,(H,21,23). The van der Waals surface area contributed by atoms with Gasteiger partial charge in [0.15, 0.2) is 0 Å². The highest BCUT2D eigenvalue weighted by Crippen LogP contribution is 2.21. The van der Waals surface area contributed by atoms with Gasteiger partial charge in [0.05, 0.1) is 24.0 Å². The van der Waals surface area contributed by atoms with Crippen molar-refractivity contribution in [2.75, 3.05) is 20.2 Å². The first-order chi connectivity index (χ1) is 13.2. The molecule has 0 unspecified atom stereocenters. The second-order valence-corrected chi connectivity index (χ2v) is 8.31. The lowest BCUT2D eigenvalue weighted by Gasteiger charge is -2.10. The molecule has 0 aromatic heterocycles. The predicted octanol–water partition coefficient (Wildman–Crippen LogP) is 2.01. The Morgan fingerprint density at radius 2 is 1.89 bits per heavy atom. The number of sulfonamides is 1. The van der Waals surface area contributed by atoms with E-state index in [1.54, 1.807) is 6.07 Å². The lowest BCUT2D eigenvalue weighted by atomic mass is 10.1. The van der Waals surface area contributed by atoms with Crippen molar-refractivity contribution in [3.63, 3.8) is 0 Å². The number of rotatable bonds is 8. The van der Waals surface area contributed by atoms with Crippen molar-refractivity contribution in [2.24, 2.45) is 0 Å². The summed E-state index contributed by atoms with van der Waals surface area (Å²) in [7, 11) is -2.69. The molecule has 1 amide bonds. The van der Waals surface area contributed by atoms with Gasteiger partial charge in [0.1, 0.15) is 5.82 Å². The zero-order valence-corrected chi connectivity index (χ0v) is 17.3. The number of methoxy groups -OCH3 is 1. The second kappa shape index (κ2) is 9.76. The topological polar surface area (TPSA) is 102 Å². The molecule has 0 saturated heterocycles. The van der Waals surface area contributed by atoms with Crippen LogP contribution in [-0.4, -0.2) is 40.5 Å². The molecule has 0 aliphatic rings. The van der Waals surface area contributed by atoms with Gasteiger partial charge in [-0.3, -0.25) is 4.79 Å². The molecule has 0 radical (unpaired) electrons. The number of hydrogen-bond donors (Lipinski definition) is 2. The number of benzene rings is 2. The van der Waals surface area contributed by atoms with Gasteiger partial charge in [-0.1, -0.05) is 12.1 Å². The van der Waals surface area contributed by atoms with E-state index < -0.39 is 21.8 Å². The van der Waals surface area contributed by atoms with Crippen molar-refractivity contribution < 1.29 is 27.1 Å². The molecule has 28 heavy (non-hydrogen) atoms. The number of amides is 1. The van der Waals surface area contributed by atoms with Crippen molar-refractivity contribution >= 4 is 37.8 Å². The molecule has 0 bridgehead atoms. The predicted molar refractivity (Wildman–Crippen MR) is 104 cm³/mol. The van der Waals surface area contributed by atoms with E-state index >= 15 is 0 Å². The van der Waals surface area contributed by atoms with Crippen molar-refractivity contribution in [1.82, 2.24) is 10.0 Å². The molecule has 0 spiro atoms. The molecule has 150 valence electrons. The summed E-state index contributed by atoms with van der Waals surface area (Å²) in [5.74, 6) is -1.46. The summed E-state index contributed by atoms with van der Waals surface area (Å²) < 4.78 is 45.1. The first kappa shape index (κ1) is 22.0. The summed E-state index contributed by atoms with van der Waals surface area (Å²) in [4.78, 5) is 23.4. The Labute approximate surface area is 170 Å². The number of nitrogens with one attached hydrogen (secondary N) is 2. The summed E-state index contributed by atoms with van der Waals surface area (Å²) in [5.41, 5.74) is 0.594. The van der Waals surface area contributed by atoms with E-state index in [-0.39, 0.29) is 35.9 Å². The van der Waals surface area contributed by atoms with Crippen LogP contribution in [0.3, 0.4) is 0 Å². The Balaban J connectivity index is 1.90. The molecule has 0 aliphatic heterocycles. The van der Waals surface area contributed by atoms with E-state index in [0.29, 0.717) is 10.0 Å². The summed E-state index contributed by atoms with van der Waals surface area (Å²) in [5, 5.41) is 2.55. The molecular weight excluding hydrogens is 455 g/mol. The van der Waals surface area contributed by atoms with Gasteiger partial charge in [-0.15, -0.1) is 0 Å². The van der Waals surface area contributed by atoms with Crippen LogP contribution in [-0.2, 0) is 26.0 Å². The zero-order chi connectivity index (χ0) is 20.7. The fraction of sp³-hybridized carbons (Fsp3) is 0.222. The average molecular weight is 473 g/mol. The van der Waals surface area contributed by atoms with Crippen molar-refractivity contribution in [3.05, 3.63) is 63.9 Å². The minimum absolute atomic E-state index is 0.0142. The van der Waals surface area contributed by atoms with Gasteiger partial charge in [0.25, 0.3) is 0 Å². The Hall–Kier alpha value is -2.30. The van der Waals surface area contributed by atoms with E-state index in [0.717, 1.165) is 0 Å². The minimum Gasteiger partial charge on any atom is -0.465 e. The van der Waals surface area contributed by atoms with Crippen LogP contribution in [0.5, 0.6) is 0 Å². The van der Waals surface area contributed by atoms with E-state index in [1.807, 2.05) is 0 Å². The largest absolute Gasteiger partial charge is 0.465 e. The van der Waals surface area contributed by atoms with E-state index in [1.165, 1.54) is 43.5 Å². The first-order valence-corrected chi connectivity index (χ1v) is 10.4. The smallest absolute Gasteiger partial charge is 0.339 e. The number of carbonyl (C=O) groups excluding carboxylic acids is 2. The molecule has 2 aromatic carbocycles. The second-order valence-electron chi connectivity index (χ2n) is 5.69. The van der Waals surface area contributed by atoms with Crippen LogP contribution < -0.4 is 10.0 Å². The zero-order valence-electron chi connectivity index (χ0n) is 14.9. The van der Waals surface area contributed by atoms with Gasteiger partial charge in [0.2, 0.25) is 15.9 Å². The molecule has 0 fully saturated rings. The fourth-order valence-electron chi connectivity index (χ4n) is 2.30. The summed E-state index contributed by atoms with van der Waals surface area (Å²) in [6.45, 7) is -0.00535. The number of hydrogen-bond acceptors (Lipinski definition) is 5. The van der Waals surface area contributed by atoms with Crippen LogP contribution in [0.4, 0.5) is 4.39 Å². The Bertz CT molecular complexity index is 982. The first-order valence-electron chi connectivity index (χ1n) is 8.11. The highest BCUT2D eigenvalue weighted by atomic mass is 79.9. The van der Waals surface area contributed by atoms with Crippen molar-refractivity contribution in [2.45, 2.75) is 11.3 Å². The molecule has 0 heterocycles. The highest BCUT2D eigenvalue weighted by molar-refractivity contribution is 9.10. The van der Waals surface area contributed by atoms with E-state index in [4.69, 9.17) is 0 Å². The molecule has 0 saturated carbocycles. The molecule has 2 aromatic rings. The number of ether oxygens (including phenoxy) is 1. The van der Waals surface area contributed by atoms with E-state index in [2.05, 4.69) is 30.7 Å². The van der Waals surface area contributed by atoms with Crippen LogP contribution in [0.2, 0.25) is 0 Å².